The van der Waals surface area contributed by atoms with Crippen LogP contribution in [-0.4, -0.2) is 42.3 Å². The van der Waals surface area contributed by atoms with Gasteiger partial charge in [0, 0.05) is 23.2 Å². The molecule has 1 saturated carbocycles. The van der Waals surface area contributed by atoms with Gasteiger partial charge in [0.25, 0.3) is 0 Å². The topological polar surface area (TPSA) is 48.6 Å². The van der Waals surface area contributed by atoms with E-state index in [1.807, 2.05) is 30.3 Å². The number of halogens is 1. The number of furan rings is 1. The number of likely N-dealkylation sites (tertiary alicyclic amines) is 1. The van der Waals surface area contributed by atoms with Gasteiger partial charge in [0.15, 0.2) is 0 Å². The number of aliphatic hydroxyl groups excluding tert-OH is 1. The lowest BCUT2D eigenvalue weighted by Gasteiger charge is -2.33. The highest BCUT2D eigenvalue weighted by Crippen LogP contribution is 2.31. The quantitative estimate of drug-likeness (QED) is 0.639. The molecule has 2 heterocycles. The first-order valence-corrected chi connectivity index (χ1v) is 11.5. The van der Waals surface area contributed by atoms with E-state index in [4.69, 9.17) is 16.0 Å². The number of benzene rings is 1. The Morgan fingerprint density at radius 2 is 1.76 bits per heavy atom. The third-order valence-corrected chi connectivity index (χ3v) is 6.94. The van der Waals surface area contributed by atoms with Gasteiger partial charge in [0.05, 0.1) is 13.2 Å². The number of nitrogens with one attached hydrogen (secondary N) is 1. The highest BCUT2D eigenvalue weighted by Gasteiger charge is 2.28. The fourth-order valence-corrected chi connectivity index (χ4v) is 5.06. The number of hydrogen-bond acceptors (Lipinski definition) is 4. The van der Waals surface area contributed by atoms with Crippen molar-refractivity contribution in [1.82, 2.24) is 10.2 Å². The third kappa shape index (κ3) is 5.64. The van der Waals surface area contributed by atoms with Crippen LogP contribution in [0.4, 0.5) is 0 Å². The molecular weight excluding hydrogens is 384 g/mol. The summed E-state index contributed by atoms with van der Waals surface area (Å²) in [6.07, 6.45) is 7.68. The summed E-state index contributed by atoms with van der Waals surface area (Å²) >= 11 is 5.96. The lowest BCUT2D eigenvalue weighted by molar-refractivity contribution is 0.124. The number of hydrogen-bond donors (Lipinski definition) is 2. The summed E-state index contributed by atoms with van der Waals surface area (Å²) < 4.78 is 5.98. The fraction of sp³-hybridized carbons (Fsp3) is 0.583. The molecule has 0 bridgehead atoms. The molecule has 0 amide bonds. The van der Waals surface area contributed by atoms with E-state index in [1.165, 1.54) is 51.6 Å². The van der Waals surface area contributed by atoms with E-state index in [9.17, 15) is 5.11 Å². The maximum atomic E-state index is 9.51. The summed E-state index contributed by atoms with van der Waals surface area (Å²) in [5.74, 6) is 3.45. The van der Waals surface area contributed by atoms with Crippen molar-refractivity contribution >= 4 is 11.6 Å². The maximum absolute atomic E-state index is 9.51. The van der Waals surface area contributed by atoms with Gasteiger partial charge in [-0.05, 0) is 99.8 Å². The van der Waals surface area contributed by atoms with Crippen LogP contribution in [0.2, 0.25) is 5.02 Å². The van der Waals surface area contributed by atoms with Crippen molar-refractivity contribution in [3.63, 3.8) is 0 Å². The molecule has 1 saturated heterocycles. The van der Waals surface area contributed by atoms with Gasteiger partial charge in [-0.1, -0.05) is 11.6 Å². The molecule has 1 atom stereocenters. The second kappa shape index (κ2) is 10.1. The smallest absolute Gasteiger partial charge is 0.134 e. The van der Waals surface area contributed by atoms with Gasteiger partial charge in [-0.25, -0.2) is 0 Å². The average Bonchev–Trinajstić information content (AvgIpc) is 3.39. The van der Waals surface area contributed by atoms with Crippen molar-refractivity contribution in [1.29, 1.82) is 0 Å². The van der Waals surface area contributed by atoms with Crippen molar-refractivity contribution in [3.8, 4) is 11.3 Å². The largest absolute Gasteiger partial charge is 0.460 e. The standard InChI is InChI=1S/C24H33ClN2O2/c25-21-9-7-20(8-10-21)24-12-11-23(29-24)15-26-14-18-3-5-19(6-4-18)16-27-13-1-2-22(27)17-28/h7-12,18-19,22,26,28H,1-6,13-17H2. The summed E-state index contributed by atoms with van der Waals surface area (Å²) in [4.78, 5) is 2.53. The molecule has 2 fully saturated rings. The Morgan fingerprint density at radius 3 is 2.52 bits per heavy atom. The number of nitrogens with zero attached hydrogens (tertiary/aromatic N) is 1. The first-order valence-electron chi connectivity index (χ1n) is 11.1. The first kappa shape index (κ1) is 20.9. The van der Waals surface area contributed by atoms with Gasteiger partial charge < -0.3 is 14.8 Å². The minimum Gasteiger partial charge on any atom is -0.460 e. The van der Waals surface area contributed by atoms with Crippen LogP contribution in [0.5, 0.6) is 0 Å². The Labute approximate surface area is 179 Å². The average molecular weight is 417 g/mol. The van der Waals surface area contributed by atoms with Crippen LogP contribution in [0.1, 0.15) is 44.3 Å². The van der Waals surface area contributed by atoms with E-state index >= 15 is 0 Å². The Bertz CT molecular complexity index is 752. The van der Waals surface area contributed by atoms with E-state index in [0.29, 0.717) is 12.6 Å². The molecule has 1 aliphatic carbocycles. The molecule has 158 valence electrons. The minimum absolute atomic E-state index is 0.325. The van der Waals surface area contributed by atoms with Gasteiger partial charge in [-0.3, -0.25) is 4.90 Å². The zero-order chi connectivity index (χ0) is 20.1. The number of rotatable bonds is 8. The molecule has 1 aliphatic heterocycles. The third-order valence-electron chi connectivity index (χ3n) is 6.69. The molecule has 2 N–H and O–H groups in total. The highest BCUT2D eigenvalue weighted by molar-refractivity contribution is 6.30. The molecule has 1 unspecified atom stereocenters. The van der Waals surface area contributed by atoms with Gasteiger partial charge in [0.1, 0.15) is 11.5 Å². The van der Waals surface area contributed by atoms with Crippen molar-refractivity contribution in [2.45, 2.75) is 51.1 Å². The lowest BCUT2D eigenvalue weighted by Crippen LogP contribution is -2.37. The molecule has 2 aliphatic rings. The monoisotopic (exact) mass is 416 g/mol. The van der Waals surface area contributed by atoms with Crippen LogP contribution in [0.3, 0.4) is 0 Å². The molecule has 29 heavy (non-hydrogen) atoms. The van der Waals surface area contributed by atoms with E-state index < -0.39 is 0 Å². The van der Waals surface area contributed by atoms with Gasteiger partial charge in [-0.2, -0.15) is 0 Å². The fourth-order valence-electron chi connectivity index (χ4n) is 4.93. The normalized spacial score (nSPS) is 25.5. The van der Waals surface area contributed by atoms with E-state index in [-0.39, 0.29) is 0 Å². The summed E-state index contributed by atoms with van der Waals surface area (Å²) in [5, 5.41) is 13.8. The Hall–Kier alpha value is -1.33. The highest BCUT2D eigenvalue weighted by atomic mass is 35.5. The van der Waals surface area contributed by atoms with Crippen molar-refractivity contribution in [2.75, 3.05) is 26.2 Å². The minimum atomic E-state index is 0.325. The second-order valence-corrected chi connectivity index (χ2v) is 9.20. The van der Waals surface area contributed by atoms with Crippen LogP contribution in [0.25, 0.3) is 11.3 Å². The van der Waals surface area contributed by atoms with Gasteiger partial charge in [0.2, 0.25) is 0 Å². The number of aliphatic hydroxyl groups is 1. The summed E-state index contributed by atoms with van der Waals surface area (Å²) in [6, 6.07) is 12.3. The molecular formula is C24H33ClN2O2. The van der Waals surface area contributed by atoms with Crippen LogP contribution < -0.4 is 5.32 Å². The first-order chi connectivity index (χ1) is 14.2. The second-order valence-electron chi connectivity index (χ2n) is 8.76. The van der Waals surface area contributed by atoms with Crippen LogP contribution >= 0.6 is 11.6 Å². The summed E-state index contributed by atoms with van der Waals surface area (Å²) in [6.45, 7) is 4.52. The molecule has 1 aromatic heterocycles. The van der Waals surface area contributed by atoms with E-state index in [2.05, 4.69) is 16.3 Å². The molecule has 0 spiro atoms. The van der Waals surface area contributed by atoms with Gasteiger partial charge in [-0.15, -0.1) is 0 Å². The predicted molar refractivity (Wildman–Crippen MR) is 118 cm³/mol. The van der Waals surface area contributed by atoms with Crippen LogP contribution in [-0.2, 0) is 6.54 Å². The van der Waals surface area contributed by atoms with Crippen molar-refractivity contribution in [2.24, 2.45) is 11.8 Å². The Morgan fingerprint density at radius 1 is 1.00 bits per heavy atom. The van der Waals surface area contributed by atoms with Crippen LogP contribution in [0.15, 0.2) is 40.8 Å². The Kier molecular flexibility index (Phi) is 7.30. The zero-order valence-electron chi connectivity index (χ0n) is 17.2. The van der Waals surface area contributed by atoms with Crippen molar-refractivity contribution in [3.05, 3.63) is 47.2 Å². The van der Waals surface area contributed by atoms with E-state index in [1.54, 1.807) is 0 Å². The Balaban J connectivity index is 1.16. The predicted octanol–water partition coefficient (Wildman–Crippen LogP) is 4.95. The zero-order valence-corrected chi connectivity index (χ0v) is 17.9. The SMILES string of the molecule is OCC1CCCN1CC1CCC(CNCc2ccc(-c3ccc(Cl)cc3)o2)CC1. The summed E-state index contributed by atoms with van der Waals surface area (Å²) in [7, 11) is 0. The van der Waals surface area contributed by atoms with E-state index in [0.717, 1.165) is 47.0 Å². The molecule has 4 rings (SSSR count). The maximum Gasteiger partial charge on any atom is 0.134 e. The molecule has 4 nitrogen and oxygen atoms in total. The lowest BCUT2D eigenvalue weighted by atomic mass is 9.81. The summed E-state index contributed by atoms with van der Waals surface area (Å²) in [5.41, 5.74) is 1.06. The molecule has 5 heteroatoms. The molecule has 1 aromatic carbocycles. The van der Waals surface area contributed by atoms with Gasteiger partial charge >= 0.3 is 0 Å². The molecule has 2 aromatic rings. The van der Waals surface area contributed by atoms with Crippen molar-refractivity contribution < 1.29 is 9.52 Å². The molecule has 0 radical (unpaired) electrons. The van der Waals surface area contributed by atoms with Crippen LogP contribution in [0, 0.1) is 11.8 Å².